The van der Waals surface area contributed by atoms with Gasteiger partial charge in [-0.15, -0.1) is 0 Å². The minimum Gasteiger partial charge on any atom is -0.361 e. The summed E-state index contributed by atoms with van der Waals surface area (Å²) in [6.45, 7) is 5.39. The number of hydrogen-bond donors (Lipinski definition) is 2. The number of H-pyrrole nitrogens is 1. The van der Waals surface area contributed by atoms with Crippen molar-refractivity contribution in [1.82, 2.24) is 19.5 Å². The van der Waals surface area contributed by atoms with Crippen molar-refractivity contribution < 1.29 is 12.8 Å². The molecule has 0 spiro atoms. The van der Waals surface area contributed by atoms with Gasteiger partial charge in [0.15, 0.2) is 0 Å². The molecule has 1 fully saturated rings. The lowest BCUT2D eigenvalue weighted by molar-refractivity contribution is 0.113. The third-order valence-corrected chi connectivity index (χ3v) is 7.29. The summed E-state index contributed by atoms with van der Waals surface area (Å²) in [4.78, 5) is 7.98. The topological polar surface area (TPSA) is 68.4 Å². The van der Waals surface area contributed by atoms with Crippen LogP contribution in [0.2, 0.25) is 0 Å². The SMILES string of the molecule is Cc1cc(S(=O)(=O)NC[C@@H](c2c[nH]c3ccccc23)N2CCN(C)CC2)ccc1F. The number of nitrogens with one attached hydrogen (secondary N) is 2. The highest BCUT2D eigenvalue weighted by Crippen LogP contribution is 2.29. The molecule has 3 aromatic rings. The molecule has 2 aromatic carbocycles. The number of sulfonamides is 1. The second-order valence-corrected chi connectivity index (χ2v) is 9.67. The molecule has 0 aliphatic carbocycles. The summed E-state index contributed by atoms with van der Waals surface area (Å²) >= 11 is 0. The number of likely N-dealkylation sites (N-methyl/N-ethyl adjacent to an activating group) is 1. The average Bonchev–Trinajstić information content (AvgIpc) is 3.15. The van der Waals surface area contributed by atoms with Crippen LogP contribution in [0.5, 0.6) is 0 Å². The summed E-state index contributed by atoms with van der Waals surface area (Å²) in [7, 11) is -1.66. The first-order chi connectivity index (χ1) is 14.3. The van der Waals surface area contributed by atoms with Gasteiger partial charge in [0.1, 0.15) is 5.82 Å². The van der Waals surface area contributed by atoms with Gasteiger partial charge in [-0.3, -0.25) is 4.90 Å². The van der Waals surface area contributed by atoms with Crippen LogP contribution < -0.4 is 4.72 Å². The molecular weight excluding hydrogens is 403 g/mol. The molecule has 2 heterocycles. The molecule has 30 heavy (non-hydrogen) atoms. The summed E-state index contributed by atoms with van der Waals surface area (Å²) in [6.07, 6.45) is 1.98. The number of aromatic amines is 1. The van der Waals surface area contributed by atoms with Crippen molar-refractivity contribution in [1.29, 1.82) is 0 Å². The molecule has 1 aliphatic rings. The lowest BCUT2D eigenvalue weighted by Crippen LogP contribution is -2.48. The largest absolute Gasteiger partial charge is 0.361 e. The van der Waals surface area contributed by atoms with Crippen LogP contribution in [-0.4, -0.2) is 63.0 Å². The Morgan fingerprint density at radius 1 is 1.13 bits per heavy atom. The zero-order chi connectivity index (χ0) is 21.3. The Kier molecular flexibility index (Phi) is 5.92. The molecule has 0 saturated carbocycles. The lowest BCUT2D eigenvalue weighted by atomic mass is 10.0. The molecule has 1 atom stereocenters. The summed E-state index contributed by atoms with van der Waals surface area (Å²) in [5, 5.41) is 1.10. The first kappa shape index (κ1) is 21.0. The monoisotopic (exact) mass is 430 g/mol. The Hall–Kier alpha value is -2.26. The molecule has 8 heteroatoms. The molecule has 1 aliphatic heterocycles. The zero-order valence-corrected chi connectivity index (χ0v) is 18.0. The maximum Gasteiger partial charge on any atom is 0.240 e. The standard InChI is InChI=1S/C22H27FN4O2S/c1-16-13-17(7-8-20(16)23)30(28,29)25-15-22(27-11-9-26(2)10-12-27)19-14-24-21-6-4-3-5-18(19)21/h3-8,13-14,22,24-25H,9-12,15H2,1-2H3/t22-/m0/s1. The molecule has 2 N–H and O–H groups in total. The fraction of sp³-hybridized carbons (Fsp3) is 0.364. The summed E-state index contributed by atoms with van der Waals surface area (Å²) in [6, 6.07) is 11.8. The fourth-order valence-corrected chi connectivity index (χ4v) is 5.12. The van der Waals surface area contributed by atoms with Gasteiger partial charge in [0.2, 0.25) is 10.0 Å². The van der Waals surface area contributed by atoms with Crippen LogP contribution in [0.1, 0.15) is 17.2 Å². The third-order valence-electron chi connectivity index (χ3n) is 5.87. The van der Waals surface area contributed by atoms with Gasteiger partial charge in [0.25, 0.3) is 0 Å². The van der Waals surface area contributed by atoms with Crippen LogP contribution in [-0.2, 0) is 10.0 Å². The Morgan fingerprint density at radius 3 is 2.60 bits per heavy atom. The number of benzene rings is 2. The second kappa shape index (κ2) is 8.47. The van der Waals surface area contributed by atoms with Crippen LogP contribution in [0.15, 0.2) is 53.6 Å². The molecular formula is C22H27FN4O2S. The highest BCUT2D eigenvalue weighted by molar-refractivity contribution is 7.89. The highest BCUT2D eigenvalue weighted by atomic mass is 32.2. The lowest BCUT2D eigenvalue weighted by Gasteiger charge is -2.38. The first-order valence-electron chi connectivity index (χ1n) is 10.1. The third kappa shape index (κ3) is 4.27. The zero-order valence-electron chi connectivity index (χ0n) is 17.2. The number of aromatic nitrogens is 1. The van der Waals surface area contributed by atoms with E-state index >= 15 is 0 Å². The number of hydrogen-bond acceptors (Lipinski definition) is 4. The van der Waals surface area contributed by atoms with E-state index < -0.39 is 15.8 Å². The van der Waals surface area contributed by atoms with Crippen LogP contribution >= 0.6 is 0 Å². The van der Waals surface area contributed by atoms with E-state index in [1.165, 1.54) is 18.2 Å². The summed E-state index contributed by atoms with van der Waals surface area (Å²) < 4.78 is 42.1. The number of rotatable bonds is 6. The Morgan fingerprint density at radius 2 is 1.87 bits per heavy atom. The van der Waals surface area contributed by atoms with Gasteiger partial charge in [-0.25, -0.2) is 17.5 Å². The van der Waals surface area contributed by atoms with Crippen LogP contribution in [0.3, 0.4) is 0 Å². The maximum absolute atomic E-state index is 13.6. The van der Waals surface area contributed by atoms with Crippen molar-refractivity contribution in [3.63, 3.8) is 0 Å². The van der Waals surface area contributed by atoms with Gasteiger partial charge < -0.3 is 9.88 Å². The number of aryl methyl sites for hydroxylation is 1. The maximum atomic E-state index is 13.6. The van der Waals surface area contributed by atoms with Crippen molar-refractivity contribution in [2.24, 2.45) is 0 Å². The van der Waals surface area contributed by atoms with Crippen molar-refractivity contribution in [2.75, 3.05) is 39.8 Å². The molecule has 6 nitrogen and oxygen atoms in total. The van der Waals surface area contributed by atoms with E-state index in [4.69, 9.17) is 0 Å². The van der Waals surface area contributed by atoms with Gasteiger partial charge in [0.05, 0.1) is 10.9 Å². The molecule has 4 rings (SSSR count). The van der Waals surface area contributed by atoms with Crippen molar-refractivity contribution in [3.05, 3.63) is 65.6 Å². The van der Waals surface area contributed by atoms with Gasteiger partial charge in [-0.1, -0.05) is 18.2 Å². The molecule has 0 radical (unpaired) electrons. The van der Waals surface area contributed by atoms with Crippen LogP contribution in [0.4, 0.5) is 4.39 Å². The van der Waals surface area contributed by atoms with Gasteiger partial charge in [0, 0.05) is 49.8 Å². The molecule has 0 bridgehead atoms. The molecule has 160 valence electrons. The molecule has 0 amide bonds. The number of fused-ring (bicyclic) bond motifs is 1. The fourth-order valence-electron chi connectivity index (χ4n) is 4.00. The van der Waals surface area contributed by atoms with Crippen LogP contribution in [0, 0.1) is 12.7 Å². The Labute approximate surface area is 176 Å². The average molecular weight is 431 g/mol. The number of para-hydroxylation sites is 1. The normalized spacial score (nSPS) is 17.4. The van der Waals surface area contributed by atoms with E-state index in [2.05, 4.69) is 32.6 Å². The predicted octanol–water partition coefficient (Wildman–Crippen LogP) is 2.88. The van der Waals surface area contributed by atoms with Gasteiger partial charge in [-0.2, -0.15) is 0 Å². The summed E-state index contributed by atoms with van der Waals surface area (Å²) in [5.74, 6) is -0.414. The molecule has 0 unspecified atom stereocenters. The van der Waals surface area contributed by atoms with Crippen molar-refractivity contribution >= 4 is 20.9 Å². The second-order valence-electron chi connectivity index (χ2n) is 7.91. The van der Waals surface area contributed by atoms with Gasteiger partial charge in [-0.05, 0) is 49.4 Å². The van der Waals surface area contributed by atoms with Crippen LogP contribution in [0.25, 0.3) is 10.9 Å². The van der Waals surface area contributed by atoms with E-state index in [1.54, 1.807) is 6.92 Å². The van der Waals surface area contributed by atoms with E-state index in [9.17, 15) is 12.8 Å². The minimum atomic E-state index is -3.75. The number of halogens is 1. The predicted molar refractivity (Wildman–Crippen MR) is 116 cm³/mol. The molecule has 1 saturated heterocycles. The quantitative estimate of drug-likeness (QED) is 0.631. The Balaban J connectivity index is 1.62. The first-order valence-corrected chi connectivity index (χ1v) is 11.6. The minimum absolute atomic E-state index is 0.0810. The smallest absolute Gasteiger partial charge is 0.240 e. The molecule has 1 aromatic heterocycles. The number of piperazine rings is 1. The van der Waals surface area contributed by atoms with E-state index in [0.29, 0.717) is 5.56 Å². The van der Waals surface area contributed by atoms with Crippen molar-refractivity contribution in [2.45, 2.75) is 17.9 Å². The van der Waals surface area contributed by atoms with E-state index in [1.807, 2.05) is 24.4 Å². The van der Waals surface area contributed by atoms with E-state index in [0.717, 1.165) is 42.6 Å². The van der Waals surface area contributed by atoms with E-state index in [-0.39, 0.29) is 17.5 Å². The van der Waals surface area contributed by atoms with Crippen molar-refractivity contribution in [3.8, 4) is 0 Å². The summed E-state index contributed by atoms with van der Waals surface area (Å²) in [5.41, 5.74) is 2.42. The number of nitrogens with zero attached hydrogens (tertiary/aromatic N) is 2. The van der Waals surface area contributed by atoms with Gasteiger partial charge >= 0.3 is 0 Å². The Bertz CT molecular complexity index is 1140. The highest BCUT2D eigenvalue weighted by Gasteiger charge is 2.28.